The maximum atomic E-state index is 11.4. The topological polar surface area (TPSA) is 107 Å². The van der Waals surface area contributed by atoms with Gasteiger partial charge in [0.25, 0.3) is 0 Å². The van der Waals surface area contributed by atoms with Crippen LogP contribution in [0.4, 0.5) is 4.79 Å². The molecule has 0 bridgehead atoms. The van der Waals surface area contributed by atoms with E-state index in [2.05, 4.69) is 4.98 Å². The van der Waals surface area contributed by atoms with Crippen molar-refractivity contribution in [3.8, 4) is 17.2 Å². The molecule has 0 spiro atoms. The molecule has 3 aromatic rings. The number of imide groups is 1. The number of carbonyl (C=O) groups is 2. The van der Waals surface area contributed by atoms with Crippen molar-refractivity contribution in [1.82, 2.24) is 10.3 Å². The van der Waals surface area contributed by atoms with Gasteiger partial charge in [0.2, 0.25) is 11.8 Å². The number of rotatable bonds is 8. The second kappa shape index (κ2) is 9.54. The van der Waals surface area contributed by atoms with Crippen molar-refractivity contribution in [2.45, 2.75) is 26.2 Å². The normalized spacial score (nSPS) is 10.5. The minimum absolute atomic E-state index is 0.193. The third kappa shape index (κ3) is 5.93. The van der Waals surface area contributed by atoms with Crippen molar-refractivity contribution in [1.29, 1.82) is 0 Å². The highest BCUT2D eigenvalue weighted by Gasteiger charge is 2.11. The first-order chi connectivity index (χ1) is 14.0. The Morgan fingerprint density at radius 1 is 1.07 bits per heavy atom. The Bertz CT molecular complexity index is 965. The molecule has 0 aliphatic rings. The van der Waals surface area contributed by atoms with Gasteiger partial charge in [-0.3, -0.25) is 10.1 Å². The van der Waals surface area contributed by atoms with Gasteiger partial charge in [-0.25, -0.2) is 9.78 Å². The van der Waals surface area contributed by atoms with Crippen molar-refractivity contribution < 1.29 is 18.7 Å². The number of carbonyl (C=O) groups excluding carboxylic acids is 2. The number of hydrogen-bond acceptors (Lipinski definition) is 5. The number of nitrogens with two attached hydrogens (primary N) is 1. The van der Waals surface area contributed by atoms with E-state index in [4.69, 9.17) is 14.9 Å². The lowest BCUT2D eigenvalue weighted by Gasteiger charge is -2.07. The van der Waals surface area contributed by atoms with Gasteiger partial charge in [0.15, 0.2) is 0 Å². The van der Waals surface area contributed by atoms with Gasteiger partial charge in [-0.2, -0.15) is 0 Å². The summed E-state index contributed by atoms with van der Waals surface area (Å²) in [5, 5.41) is 2.05. The Balaban J connectivity index is 1.48. The van der Waals surface area contributed by atoms with E-state index in [9.17, 15) is 9.59 Å². The zero-order chi connectivity index (χ0) is 20.6. The molecule has 150 valence electrons. The lowest BCUT2D eigenvalue weighted by molar-refractivity contribution is -0.119. The summed E-state index contributed by atoms with van der Waals surface area (Å²) < 4.78 is 11.6. The van der Waals surface area contributed by atoms with Crippen LogP contribution in [0.1, 0.15) is 23.4 Å². The van der Waals surface area contributed by atoms with Gasteiger partial charge in [-0.1, -0.05) is 30.3 Å². The molecule has 0 saturated heterocycles. The van der Waals surface area contributed by atoms with Crippen molar-refractivity contribution in [2.75, 3.05) is 6.61 Å². The van der Waals surface area contributed by atoms with E-state index in [-0.39, 0.29) is 6.42 Å². The average molecular weight is 393 g/mol. The molecule has 3 N–H and O–H groups in total. The summed E-state index contributed by atoms with van der Waals surface area (Å²) >= 11 is 0. The number of aryl methyl sites for hydroxylation is 2. The Morgan fingerprint density at radius 2 is 1.79 bits per heavy atom. The van der Waals surface area contributed by atoms with Crippen LogP contribution in [0.3, 0.4) is 0 Å². The fourth-order valence-corrected chi connectivity index (χ4v) is 2.84. The summed E-state index contributed by atoms with van der Waals surface area (Å²) in [5.41, 5.74) is 7.71. The second-order valence-electron chi connectivity index (χ2n) is 6.54. The number of oxazole rings is 1. The molecule has 2 aromatic carbocycles. The van der Waals surface area contributed by atoms with Crippen molar-refractivity contribution in [3.05, 3.63) is 71.6 Å². The predicted octanol–water partition coefficient (Wildman–Crippen LogP) is 3.40. The number of nitrogens with one attached hydrogen (secondary N) is 1. The maximum Gasteiger partial charge on any atom is 0.318 e. The van der Waals surface area contributed by atoms with Gasteiger partial charge >= 0.3 is 6.03 Å². The Hall–Kier alpha value is -3.61. The highest BCUT2D eigenvalue weighted by atomic mass is 16.5. The van der Waals surface area contributed by atoms with Gasteiger partial charge < -0.3 is 14.9 Å². The van der Waals surface area contributed by atoms with Crippen LogP contribution < -0.4 is 15.8 Å². The summed E-state index contributed by atoms with van der Waals surface area (Å²) in [5.74, 6) is 1.75. The highest BCUT2D eigenvalue weighted by molar-refractivity contribution is 5.93. The highest BCUT2D eigenvalue weighted by Crippen LogP contribution is 2.22. The molecule has 0 unspecified atom stereocenters. The van der Waals surface area contributed by atoms with Gasteiger partial charge in [-0.05, 0) is 43.2 Å². The number of ether oxygens (including phenoxy) is 1. The zero-order valence-corrected chi connectivity index (χ0v) is 16.2. The minimum atomic E-state index is -0.836. The molecule has 1 aromatic heterocycles. The lowest BCUT2D eigenvalue weighted by Crippen LogP contribution is -2.35. The number of nitrogens with zero attached hydrogens (tertiary/aromatic N) is 1. The lowest BCUT2D eigenvalue weighted by atomic mass is 10.1. The van der Waals surface area contributed by atoms with Crippen LogP contribution >= 0.6 is 0 Å². The fourth-order valence-electron chi connectivity index (χ4n) is 2.84. The average Bonchev–Trinajstić information content (AvgIpc) is 3.08. The summed E-state index contributed by atoms with van der Waals surface area (Å²) in [6.45, 7) is 2.37. The Morgan fingerprint density at radius 3 is 2.48 bits per heavy atom. The van der Waals surface area contributed by atoms with E-state index in [1.165, 1.54) is 0 Å². The summed E-state index contributed by atoms with van der Waals surface area (Å²) in [4.78, 5) is 26.6. The SMILES string of the molecule is Cc1oc(-c2ccccc2)nc1CCOc1ccc(CCC(=O)NC(N)=O)cc1. The quantitative estimate of drug-likeness (QED) is 0.610. The van der Waals surface area contributed by atoms with Gasteiger partial charge in [0.05, 0.1) is 12.3 Å². The summed E-state index contributed by atoms with van der Waals surface area (Å²) in [6, 6.07) is 16.4. The molecule has 0 saturated carbocycles. The first-order valence-corrected chi connectivity index (χ1v) is 9.34. The van der Waals surface area contributed by atoms with Crippen LogP contribution in [0, 0.1) is 6.92 Å². The number of aromatic nitrogens is 1. The van der Waals surface area contributed by atoms with E-state index >= 15 is 0 Å². The van der Waals surface area contributed by atoms with Crippen molar-refractivity contribution in [2.24, 2.45) is 5.73 Å². The van der Waals surface area contributed by atoms with E-state index in [1.54, 1.807) is 0 Å². The molecule has 3 rings (SSSR count). The predicted molar refractivity (Wildman–Crippen MR) is 108 cm³/mol. The summed E-state index contributed by atoms with van der Waals surface area (Å²) in [6.07, 6.45) is 1.34. The largest absolute Gasteiger partial charge is 0.493 e. The van der Waals surface area contributed by atoms with Crippen LogP contribution in [0.25, 0.3) is 11.5 Å². The Labute approximate surface area is 168 Å². The molecule has 0 aliphatic carbocycles. The molecule has 29 heavy (non-hydrogen) atoms. The third-order valence-electron chi connectivity index (χ3n) is 4.35. The molecular formula is C22H23N3O4. The number of primary amides is 1. The molecule has 3 amide bonds. The number of hydrogen-bond donors (Lipinski definition) is 2. The monoisotopic (exact) mass is 393 g/mol. The van der Waals surface area contributed by atoms with Crippen LogP contribution in [0.5, 0.6) is 5.75 Å². The second-order valence-corrected chi connectivity index (χ2v) is 6.54. The summed E-state index contributed by atoms with van der Waals surface area (Å²) in [7, 11) is 0. The van der Waals surface area contributed by atoms with E-state index in [1.807, 2.05) is 66.8 Å². The van der Waals surface area contributed by atoms with Crippen LogP contribution in [0.15, 0.2) is 59.0 Å². The van der Waals surface area contributed by atoms with Crippen molar-refractivity contribution in [3.63, 3.8) is 0 Å². The van der Waals surface area contributed by atoms with E-state index in [0.717, 1.165) is 28.3 Å². The molecule has 1 heterocycles. The molecule has 7 heteroatoms. The minimum Gasteiger partial charge on any atom is -0.493 e. The first-order valence-electron chi connectivity index (χ1n) is 9.34. The molecule has 0 aliphatic heterocycles. The van der Waals surface area contributed by atoms with Gasteiger partial charge in [-0.15, -0.1) is 0 Å². The third-order valence-corrected chi connectivity index (χ3v) is 4.35. The van der Waals surface area contributed by atoms with Gasteiger partial charge in [0.1, 0.15) is 11.5 Å². The zero-order valence-electron chi connectivity index (χ0n) is 16.2. The smallest absolute Gasteiger partial charge is 0.318 e. The number of amides is 3. The van der Waals surface area contributed by atoms with E-state index < -0.39 is 11.9 Å². The standard InChI is InChI=1S/C22H23N3O4/c1-15-19(24-21(29-15)17-5-3-2-4-6-17)13-14-28-18-10-7-16(8-11-18)9-12-20(26)25-22(23)27/h2-8,10-11H,9,12-14H2,1H3,(H3,23,25,26,27). The molecule has 7 nitrogen and oxygen atoms in total. The molecule has 0 atom stereocenters. The maximum absolute atomic E-state index is 11.4. The van der Waals surface area contributed by atoms with Gasteiger partial charge in [0, 0.05) is 18.4 Å². The number of urea groups is 1. The fraction of sp³-hybridized carbons (Fsp3) is 0.227. The van der Waals surface area contributed by atoms with Crippen LogP contribution in [-0.4, -0.2) is 23.5 Å². The molecule has 0 radical (unpaired) electrons. The van der Waals surface area contributed by atoms with Crippen LogP contribution in [0.2, 0.25) is 0 Å². The first kappa shape index (κ1) is 20.1. The van der Waals surface area contributed by atoms with Crippen LogP contribution in [-0.2, 0) is 17.6 Å². The van der Waals surface area contributed by atoms with E-state index in [0.29, 0.717) is 25.3 Å². The molecule has 0 fully saturated rings. The Kier molecular flexibility index (Phi) is 6.63. The molecular weight excluding hydrogens is 370 g/mol. The van der Waals surface area contributed by atoms with Crippen molar-refractivity contribution >= 4 is 11.9 Å². The number of benzene rings is 2.